The Hall–Kier alpha value is -4.20. The molecule has 200 valence electrons. The third-order valence-corrected chi connectivity index (χ3v) is 7.10. The molecule has 1 aromatic heterocycles. The van der Waals surface area contributed by atoms with Crippen LogP contribution in [-0.2, 0) is 6.61 Å². The number of hydrazone groups is 1. The summed E-state index contributed by atoms with van der Waals surface area (Å²) in [4.78, 5) is 12.7. The number of halogens is 3. The number of nitrogens with zero attached hydrogens (tertiary/aromatic N) is 2. The number of rotatable bonds is 8. The van der Waals surface area contributed by atoms with E-state index in [2.05, 4.69) is 62.2 Å². The molecule has 0 fully saturated rings. The molecule has 0 unspecified atom stereocenters. The highest BCUT2D eigenvalue weighted by Crippen LogP contribution is 2.35. The van der Waals surface area contributed by atoms with Crippen molar-refractivity contribution in [2.75, 3.05) is 0 Å². The number of ether oxygens (including phenoxy) is 1. The Balaban J connectivity index is 1.23. The molecule has 0 radical (unpaired) electrons. The van der Waals surface area contributed by atoms with Gasteiger partial charge in [-0.3, -0.25) is 4.79 Å². The summed E-state index contributed by atoms with van der Waals surface area (Å²) in [6.45, 7) is 2.29. The molecule has 5 nitrogen and oxygen atoms in total. The summed E-state index contributed by atoms with van der Waals surface area (Å²) in [5.41, 5.74) is 8.77. The van der Waals surface area contributed by atoms with Gasteiger partial charge in [-0.1, -0.05) is 54.1 Å². The predicted molar refractivity (Wildman–Crippen MR) is 161 cm³/mol. The summed E-state index contributed by atoms with van der Waals surface area (Å²) < 4.78 is 21.7. The summed E-state index contributed by atoms with van der Waals surface area (Å²) in [7, 11) is 0. The highest BCUT2D eigenvalue weighted by atomic mass is 79.9. The molecule has 8 heteroatoms. The van der Waals surface area contributed by atoms with Crippen LogP contribution in [0.3, 0.4) is 0 Å². The van der Waals surface area contributed by atoms with E-state index in [-0.39, 0.29) is 18.3 Å². The van der Waals surface area contributed by atoms with Gasteiger partial charge in [0, 0.05) is 16.9 Å². The molecule has 0 saturated carbocycles. The maximum atomic E-state index is 13.1. The molecule has 40 heavy (non-hydrogen) atoms. The molecule has 4 aromatic carbocycles. The zero-order chi connectivity index (χ0) is 28.1. The van der Waals surface area contributed by atoms with E-state index in [0.29, 0.717) is 26.4 Å². The highest BCUT2D eigenvalue weighted by molar-refractivity contribution is 9.10. The Morgan fingerprint density at radius 3 is 2.42 bits per heavy atom. The lowest BCUT2D eigenvalue weighted by molar-refractivity contribution is 0.0955. The molecule has 0 atom stereocenters. The second-order valence-corrected chi connectivity index (χ2v) is 10.3. The number of hydrogen-bond donors (Lipinski definition) is 1. The first kappa shape index (κ1) is 27.4. The smallest absolute Gasteiger partial charge is 0.271 e. The molecule has 5 rings (SSSR count). The van der Waals surface area contributed by atoms with Crippen LogP contribution in [0.4, 0.5) is 4.39 Å². The average molecular weight is 617 g/mol. The van der Waals surface area contributed by atoms with Crippen LogP contribution >= 0.6 is 27.5 Å². The zero-order valence-corrected chi connectivity index (χ0v) is 23.8. The lowest BCUT2D eigenvalue weighted by Crippen LogP contribution is -2.17. The summed E-state index contributed by atoms with van der Waals surface area (Å²) in [5.74, 6) is -0.180. The Morgan fingerprint density at radius 1 is 1.00 bits per heavy atom. The summed E-state index contributed by atoms with van der Waals surface area (Å²) in [6, 6.07) is 31.2. The number of hydrogen-bond acceptors (Lipinski definition) is 3. The number of carbonyl (C=O) groups excluding carboxylic acids is 1. The fourth-order valence-corrected chi connectivity index (χ4v) is 5.22. The van der Waals surface area contributed by atoms with Gasteiger partial charge in [0.1, 0.15) is 12.4 Å². The van der Waals surface area contributed by atoms with Gasteiger partial charge in [0.05, 0.1) is 21.4 Å². The summed E-state index contributed by atoms with van der Waals surface area (Å²) >= 11 is 9.88. The minimum absolute atomic E-state index is 0.234. The van der Waals surface area contributed by atoms with Crippen LogP contribution in [0.5, 0.6) is 5.75 Å². The van der Waals surface area contributed by atoms with Crippen LogP contribution in [0.15, 0.2) is 113 Å². The van der Waals surface area contributed by atoms with E-state index >= 15 is 0 Å². The standard InChI is InChI=1S/C32H24BrClFN3O2/c1-21-7-16-30(24-5-3-2-4-6-24)38(21)27-14-10-25(11-15-27)32(39)37-36-19-23-17-28(33)31(29(34)18-23)40-20-22-8-12-26(35)13-9-22/h2-19H,20H2,1H3,(H,37,39)/b36-19+. The summed E-state index contributed by atoms with van der Waals surface area (Å²) in [5, 5.41) is 4.46. The van der Waals surface area contributed by atoms with Gasteiger partial charge in [-0.25, -0.2) is 9.82 Å². The maximum Gasteiger partial charge on any atom is 0.271 e. The van der Waals surface area contributed by atoms with Gasteiger partial charge < -0.3 is 9.30 Å². The molecular formula is C32H24BrClFN3O2. The number of aryl methyl sites for hydroxylation is 1. The fraction of sp³-hybridized carbons (Fsp3) is 0.0625. The molecule has 0 aliphatic carbocycles. The number of carbonyl (C=O) groups is 1. The van der Waals surface area contributed by atoms with Gasteiger partial charge in [-0.2, -0.15) is 5.10 Å². The van der Waals surface area contributed by atoms with E-state index in [1.54, 1.807) is 36.4 Å². The van der Waals surface area contributed by atoms with Crippen LogP contribution in [0, 0.1) is 12.7 Å². The van der Waals surface area contributed by atoms with Gasteiger partial charge in [0.15, 0.2) is 5.75 Å². The number of benzene rings is 4. The molecule has 0 aliphatic rings. The number of aromatic nitrogens is 1. The minimum Gasteiger partial charge on any atom is -0.486 e. The van der Waals surface area contributed by atoms with Crippen molar-refractivity contribution in [3.63, 3.8) is 0 Å². The average Bonchev–Trinajstić information content (AvgIpc) is 3.35. The van der Waals surface area contributed by atoms with Crippen molar-refractivity contribution in [1.82, 2.24) is 9.99 Å². The second-order valence-electron chi connectivity index (χ2n) is 9.04. The molecule has 1 heterocycles. The zero-order valence-electron chi connectivity index (χ0n) is 21.4. The normalized spacial score (nSPS) is 11.1. The van der Waals surface area contributed by atoms with Gasteiger partial charge >= 0.3 is 0 Å². The predicted octanol–water partition coefficient (Wildman–Crippen LogP) is 8.35. The quantitative estimate of drug-likeness (QED) is 0.141. The molecule has 1 amide bonds. The summed E-state index contributed by atoms with van der Waals surface area (Å²) in [6.07, 6.45) is 1.50. The third kappa shape index (κ3) is 6.33. The van der Waals surface area contributed by atoms with Crippen molar-refractivity contribution in [1.29, 1.82) is 0 Å². The van der Waals surface area contributed by atoms with Crippen LogP contribution in [0.25, 0.3) is 16.9 Å². The Bertz CT molecular complexity index is 1640. The molecular weight excluding hydrogens is 593 g/mol. The SMILES string of the molecule is Cc1ccc(-c2ccccc2)n1-c1ccc(C(=O)N/N=C/c2cc(Cl)c(OCc3ccc(F)cc3)c(Br)c2)cc1. The largest absolute Gasteiger partial charge is 0.486 e. The molecule has 0 bridgehead atoms. The van der Waals surface area contributed by atoms with Crippen LogP contribution in [0.1, 0.15) is 27.2 Å². The first-order valence-electron chi connectivity index (χ1n) is 12.4. The highest BCUT2D eigenvalue weighted by Gasteiger charge is 2.12. The van der Waals surface area contributed by atoms with Gasteiger partial charge in [0.25, 0.3) is 5.91 Å². The molecule has 0 aliphatic heterocycles. The van der Waals surface area contributed by atoms with Gasteiger partial charge in [-0.05, 0) is 100 Å². The maximum absolute atomic E-state index is 13.1. The Morgan fingerprint density at radius 2 is 1.73 bits per heavy atom. The first-order valence-corrected chi connectivity index (χ1v) is 13.6. The van der Waals surface area contributed by atoms with E-state index in [1.165, 1.54) is 18.3 Å². The first-order chi connectivity index (χ1) is 19.4. The van der Waals surface area contributed by atoms with Crippen molar-refractivity contribution < 1.29 is 13.9 Å². The van der Waals surface area contributed by atoms with E-state index in [4.69, 9.17) is 16.3 Å². The molecule has 5 aromatic rings. The van der Waals surface area contributed by atoms with Crippen molar-refractivity contribution >= 4 is 39.7 Å². The molecule has 0 saturated heterocycles. The van der Waals surface area contributed by atoms with E-state index in [1.807, 2.05) is 30.3 Å². The molecule has 0 spiro atoms. The fourth-order valence-electron chi connectivity index (χ4n) is 4.24. The van der Waals surface area contributed by atoms with E-state index in [0.717, 1.165) is 28.2 Å². The van der Waals surface area contributed by atoms with Crippen LogP contribution in [0.2, 0.25) is 5.02 Å². The lowest BCUT2D eigenvalue weighted by atomic mass is 10.1. The van der Waals surface area contributed by atoms with Gasteiger partial charge in [-0.15, -0.1) is 0 Å². The van der Waals surface area contributed by atoms with E-state index in [9.17, 15) is 9.18 Å². The third-order valence-electron chi connectivity index (χ3n) is 6.23. The Kier molecular flexibility index (Phi) is 8.43. The number of amides is 1. The van der Waals surface area contributed by atoms with Crippen molar-refractivity contribution in [2.45, 2.75) is 13.5 Å². The topological polar surface area (TPSA) is 55.6 Å². The van der Waals surface area contributed by atoms with Gasteiger partial charge in [0.2, 0.25) is 0 Å². The van der Waals surface area contributed by atoms with Crippen molar-refractivity contribution in [2.24, 2.45) is 5.10 Å². The van der Waals surface area contributed by atoms with Crippen molar-refractivity contribution in [3.8, 4) is 22.7 Å². The van der Waals surface area contributed by atoms with E-state index < -0.39 is 0 Å². The van der Waals surface area contributed by atoms with Crippen molar-refractivity contribution in [3.05, 3.63) is 141 Å². The minimum atomic E-state index is -0.334. The second kappa shape index (κ2) is 12.3. The lowest BCUT2D eigenvalue weighted by Gasteiger charge is -2.13. The van der Waals surface area contributed by atoms with Crippen LogP contribution in [-0.4, -0.2) is 16.7 Å². The molecule has 1 N–H and O–H groups in total. The Labute approximate surface area is 245 Å². The monoisotopic (exact) mass is 615 g/mol. The number of nitrogens with one attached hydrogen (secondary N) is 1. The van der Waals surface area contributed by atoms with Crippen LogP contribution < -0.4 is 10.2 Å².